The van der Waals surface area contributed by atoms with Gasteiger partial charge in [0.2, 0.25) is 5.91 Å². The fraction of sp³-hybridized carbons (Fsp3) is 0.176. The number of rotatable bonds is 7. The number of alkyl halides is 2. The van der Waals surface area contributed by atoms with Gasteiger partial charge in [0.25, 0.3) is 0 Å². The molecule has 25 heavy (non-hydrogen) atoms. The number of halogens is 2. The van der Waals surface area contributed by atoms with Gasteiger partial charge in [0, 0.05) is 17.8 Å². The molecule has 3 amide bonds. The molecule has 3 N–H and O–H groups in total. The van der Waals surface area contributed by atoms with E-state index in [1.165, 1.54) is 6.07 Å². The van der Waals surface area contributed by atoms with Crippen molar-refractivity contribution in [2.75, 3.05) is 11.9 Å². The first-order valence-corrected chi connectivity index (χ1v) is 7.44. The molecule has 132 valence electrons. The van der Waals surface area contributed by atoms with Crippen molar-refractivity contribution in [1.29, 1.82) is 0 Å². The van der Waals surface area contributed by atoms with E-state index >= 15 is 0 Å². The number of urea groups is 1. The van der Waals surface area contributed by atoms with Crippen LogP contribution in [-0.2, 0) is 11.3 Å². The molecule has 0 radical (unpaired) electrons. The topological polar surface area (TPSA) is 79.5 Å². The van der Waals surface area contributed by atoms with Crippen LogP contribution in [0.5, 0.6) is 5.75 Å². The van der Waals surface area contributed by atoms with E-state index in [1.807, 2.05) is 6.07 Å². The molecule has 8 heteroatoms. The first-order valence-electron chi connectivity index (χ1n) is 7.44. The molecule has 0 saturated heterocycles. The second-order valence-corrected chi connectivity index (χ2v) is 4.94. The normalized spacial score (nSPS) is 10.2. The molecule has 6 nitrogen and oxygen atoms in total. The van der Waals surface area contributed by atoms with Crippen molar-refractivity contribution in [3.8, 4) is 5.75 Å². The van der Waals surface area contributed by atoms with E-state index in [4.69, 9.17) is 0 Å². The first-order chi connectivity index (χ1) is 12.0. The Morgan fingerprint density at radius 3 is 2.36 bits per heavy atom. The molecule has 0 spiro atoms. The van der Waals surface area contributed by atoms with Gasteiger partial charge >= 0.3 is 12.6 Å². The summed E-state index contributed by atoms with van der Waals surface area (Å²) in [6.07, 6.45) is 0. The summed E-state index contributed by atoms with van der Waals surface area (Å²) < 4.78 is 29.0. The zero-order valence-electron chi connectivity index (χ0n) is 13.2. The minimum atomic E-state index is -2.94. The van der Waals surface area contributed by atoms with Crippen molar-refractivity contribution in [2.24, 2.45) is 0 Å². The summed E-state index contributed by atoms with van der Waals surface area (Å²) in [5, 5.41) is 7.49. The van der Waals surface area contributed by atoms with Gasteiger partial charge in [0.15, 0.2) is 0 Å². The van der Waals surface area contributed by atoms with E-state index in [1.54, 1.807) is 42.5 Å². The molecule has 0 aliphatic carbocycles. The largest absolute Gasteiger partial charge is 0.434 e. The van der Waals surface area contributed by atoms with E-state index in [0.29, 0.717) is 11.3 Å². The van der Waals surface area contributed by atoms with Crippen LogP contribution in [0, 0.1) is 0 Å². The predicted molar refractivity (Wildman–Crippen MR) is 88.4 cm³/mol. The molecule has 0 atom stereocenters. The lowest BCUT2D eigenvalue weighted by Gasteiger charge is -2.12. The van der Waals surface area contributed by atoms with Gasteiger partial charge in [-0.05, 0) is 18.2 Å². The van der Waals surface area contributed by atoms with Crippen molar-refractivity contribution in [2.45, 2.75) is 13.2 Å². The third-order valence-corrected chi connectivity index (χ3v) is 3.11. The van der Waals surface area contributed by atoms with Gasteiger partial charge in [-0.2, -0.15) is 8.78 Å². The summed E-state index contributed by atoms with van der Waals surface area (Å²) in [5.41, 5.74) is 1.00. The Morgan fingerprint density at radius 2 is 1.64 bits per heavy atom. The second kappa shape index (κ2) is 9.21. The standard InChI is InChI=1S/C17H17F2N3O3/c18-16(19)25-14-9-5-4-6-12(14)10-20-15(23)11-21-17(24)22-13-7-2-1-3-8-13/h1-9,16H,10-11H2,(H,20,23)(H2,21,22,24). The highest BCUT2D eigenvalue weighted by molar-refractivity contribution is 5.92. The summed E-state index contributed by atoms with van der Waals surface area (Å²) in [6, 6.07) is 14.4. The molecule has 0 aliphatic heterocycles. The molecule has 0 heterocycles. The summed E-state index contributed by atoms with van der Waals surface area (Å²) in [4.78, 5) is 23.4. The lowest BCUT2D eigenvalue weighted by atomic mass is 10.2. The SMILES string of the molecule is O=C(CNC(=O)Nc1ccccc1)NCc1ccccc1OC(F)F. The highest BCUT2D eigenvalue weighted by Gasteiger charge is 2.10. The molecule has 0 aliphatic rings. The van der Waals surface area contributed by atoms with E-state index in [-0.39, 0.29) is 18.8 Å². The van der Waals surface area contributed by atoms with Gasteiger partial charge in [-0.15, -0.1) is 0 Å². The van der Waals surface area contributed by atoms with Crippen LogP contribution in [0.2, 0.25) is 0 Å². The van der Waals surface area contributed by atoms with E-state index in [0.717, 1.165) is 0 Å². The number of anilines is 1. The predicted octanol–water partition coefficient (Wildman–Crippen LogP) is 2.73. The average molecular weight is 349 g/mol. The van der Waals surface area contributed by atoms with Crippen molar-refractivity contribution >= 4 is 17.6 Å². The van der Waals surface area contributed by atoms with Gasteiger partial charge in [0.1, 0.15) is 5.75 Å². The fourth-order valence-corrected chi connectivity index (χ4v) is 1.97. The molecule has 0 unspecified atom stereocenters. The zero-order valence-corrected chi connectivity index (χ0v) is 13.2. The van der Waals surface area contributed by atoms with Crippen LogP contribution in [0.25, 0.3) is 0 Å². The van der Waals surface area contributed by atoms with Gasteiger partial charge < -0.3 is 20.7 Å². The monoisotopic (exact) mass is 349 g/mol. The van der Waals surface area contributed by atoms with E-state index in [2.05, 4.69) is 20.7 Å². The quantitative estimate of drug-likeness (QED) is 0.719. The van der Waals surface area contributed by atoms with Crippen LogP contribution >= 0.6 is 0 Å². The van der Waals surface area contributed by atoms with Crippen LogP contribution in [0.15, 0.2) is 54.6 Å². The Kier molecular flexibility index (Phi) is 6.70. The summed E-state index contributed by atoms with van der Waals surface area (Å²) in [5.74, 6) is -0.470. The first kappa shape index (κ1) is 18.2. The molecule has 2 aromatic rings. The van der Waals surface area contributed by atoms with Crippen LogP contribution in [0.3, 0.4) is 0 Å². The lowest BCUT2D eigenvalue weighted by Crippen LogP contribution is -2.38. The molecule has 0 fully saturated rings. The molecule has 0 bridgehead atoms. The second-order valence-electron chi connectivity index (χ2n) is 4.94. The van der Waals surface area contributed by atoms with Crippen molar-refractivity contribution in [3.63, 3.8) is 0 Å². The molecular weight excluding hydrogens is 332 g/mol. The number of amides is 3. The van der Waals surface area contributed by atoms with E-state index in [9.17, 15) is 18.4 Å². The van der Waals surface area contributed by atoms with Crippen LogP contribution in [0.4, 0.5) is 19.3 Å². The van der Waals surface area contributed by atoms with Crippen molar-refractivity contribution in [3.05, 3.63) is 60.2 Å². The Morgan fingerprint density at radius 1 is 0.960 bits per heavy atom. The van der Waals surface area contributed by atoms with Gasteiger partial charge in [-0.1, -0.05) is 36.4 Å². The summed E-state index contributed by atoms with van der Waals surface area (Å²) in [6.45, 7) is -3.19. The summed E-state index contributed by atoms with van der Waals surface area (Å²) in [7, 11) is 0. The molecule has 2 rings (SSSR count). The molecule has 2 aromatic carbocycles. The van der Waals surface area contributed by atoms with Gasteiger partial charge in [-0.3, -0.25) is 4.79 Å². The number of nitrogens with one attached hydrogen (secondary N) is 3. The Labute approximate surface area is 143 Å². The van der Waals surface area contributed by atoms with Crippen LogP contribution in [-0.4, -0.2) is 25.1 Å². The molecule has 0 aromatic heterocycles. The maximum Gasteiger partial charge on any atom is 0.387 e. The Bertz CT molecular complexity index is 711. The highest BCUT2D eigenvalue weighted by Crippen LogP contribution is 2.19. The number of benzene rings is 2. The molecular formula is C17H17F2N3O3. The van der Waals surface area contributed by atoms with Crippen LogP contribution < -0.4 is 20.7 Å². The third kappa shape index (κ3) is 6.46. The minimum Gasteiger partial charge on any atom is -0.434 e. The third-order valence-electron chi connectivity index (χ3n) is 3.11. The highest BCUT2D eigenvalue weighted by atomic mass is 19.3. The number of hydrogen-bond donors (Lipinski definition) is 3. The number of hydrogen-bond acceptors (Lipinski definition) is 3. The zero-order chi connectivity index (χ0) is 18.1. The number of ether oxygens (including phenoxy) is 1. The molecule has 0 saturated carbocycles. The van der Waals surface area contributed by atoms with Crippen LogP contribution in [0.1, 0.15) is 5.56 Å². The van der Waals surface area contributed by atoms with Gasteiger partial charge in [0.05, 0.1) is 6.54 Å². The Hall–Kier alpha value is -3.16. The fourth-order valence-electron chi connectivity index (χ4n) is 1.97. The maximum atomic E-state index is 12.3. The summed E-state index contributed by atoms with van der Waals surface area (Å²) >= 11 is 0. The van der Waals surface area contributed by atoms with Crippen molar-refractivity contribution < 1.29 is 23.1 Å². The minimum absolute atomic E-state index is 0.00368. The number of carbonyl (C=O) groups is 2. The smallest absolute Gasteiger partial charge is 0.387 e. The van der Waals surface area contributed by atoms with Gasteiger partial charge in [-0.25, -0.2) is 4.79 Å². The number of carbonyl (C=O) groups excluding carboxylic acids is 2. The maximum absolute atomic E-state index is 12.3. The van der Waals surface area contributed by atoms with Crippen molar-refractivity contribution in [1.82, 2.24) is 10.6 Å². The Balaban J connectivity index is 1.76. The average Bonchev–Trinajstić information content (AvgIpc) is 2.59. The number of para-hydroxylation sites is 2. The lowest BCUT2D eigenvalue weighted by molar-refractivity contribution is -0.120. The van der Waals surface area contributed by atoms with E-state index < -0.39 is 18.5 Å².